The summed E-state index contributed by atoms with van der Waals surface area (Å²) in [5, 5.41) is 17.1. The highest BCUT2D eigenvalue weighted by Crippen LogP contribution is 2.60. The number of carbonyl (C=O) groups excluding carboxylic acids is 1. The van der Waals surface area contributed by atoms with Gasteiger partial charge >= 0.3 is 5.97 Å². The van der Waals surface area contributed by atoms with Gasteiger partial charge in [-0.15, -0.1) is 0 Å². The maximum absolute atomic E-state index is 12.7. The van der Waals surface area contributed by atoms with Crippen molar-refractivity contribution in [3.63, 3.8) is 0 Å². The highest BCUT2D eigenvalue weighted by atomic mass is 79.9. The molecular formula is C24H25Br2NO4. The zero-order valence-corrected chi connectivity index (χ0v) is 20.8. The Hall–Kier alpha value is -2.14. The average Bonchev–Trinajstić information content (AvgIpc) is 3.26. The minimum atomic E-state index is -0.986. The quantitative estimate of drug-likeness (QED) is 0.416. The second-order valence-electron chi connectivity index (χ2n) is 7.53. The normalized spacial score (nSPS) is 19.0. The first-order valence-electron chi connectivity index (χ1n) is 9.81. The van der Waals surface area contributed by atoms with E-state index in [1.54, 1.807) is 31.2 Å². The monoisotopic (exact) mass is 549 g/mol. The molecule has 0 amide bonds. The molecule has 0 aromatic heterocycles. The first-order chi connectivity index (χ1) is 14.7. The molecule has 2 aromatic carbocycles. The highest BCUT2D eigenvalue weighted by molar-refractivity contribution is 9.28. The van der Waals surface area contributed by atoms with Gasteiger partial charge in [0.15, 0.2) is 0 Å². The van der Waals surface area contributed by atoms with E-state index in [2.05, 4.69) is 37.9 Å². The predicted octanol–water partition coefficient (Wildman–Crippen LogP) is 6.49. The van der Waals surface area contributed by atoms with Gasteiger partial charge in [0, 0.05) is 12.2 Å². The Labute approximate surface area is 199 Å². The van der Waals surface area contributed by atoms with Crippen molar-refractivity contribution in [3.8, 4) is 17.6 Å². The van der Waals surface area contributed by atoms with Crippen LogP contribution in [-0.2, 0) is 9.53 Å². The molecule has 0 aliphatic heterocycles. The number of nitrogens with zero attached hydrogens (tertiary/aromatic N) is 1. The number of allylic oxidation sites excluding steroid dienone is 1. The summed E-state index contributed by atoms with van der Waals surface area (Å²) in [6.45, 7) is 5.96. The van der Waals surface area contributed by atoms with E-state index in [0.29, 0.717) is 17.1 Å². The summed E-state index contributed by atoms with van der Waals surface area (Å²) < 4.78 is 12.2. The largest absolute Gasteiger partial charge is 0.457 e. The third-order valence-corrected chi connectivity index (χ3v) is 5.49. The Bertz CT molecular complexity index is 950. The van der Waals surface area contributed by atoms with Crippen LogP contribution in [0.4, 0.5) is 0 Å². The molecule has 31 heavy (non-hydrogen) atoms. The number of rotatable bonds is 6. The van der Waals surface area contributed by atoms with Gasteiger partial charge in [-0.3, -0.25) is 4.79 Å². The van der Waals surface area contributed by atoms with Gasteiger partial charge < -0.3 is 14.6 Å². The summed E-state index contributed by atoms with van der Waals surface area (Å²) in [4.78, 5) is 12.7. The van der Waals surface area contributed by atoms with E-state index < -0.39 is 6.10 Å². The van der Waals surface area contributed by atoms with Crippen molar-refractivity contribution in [3.05, 3.63) is 69.6 Å². The van der Waals surface area contributed by atoms with Crippen LogP contribution in [0.5, 0.6) is 11.5 Å². The molecule has 0 saturated heterocycles. The summed E-state index contributed by atoms with van der Waals surface area (Å²) in [6, 6.07) is 18.5. The molecule has 1 aliphatic rings. The SMILES string of the molecule is CC1(C)[C@H](C(=O)O[C@H](C#N)c2cccc(Oc3ccccc3)c2)[C@@H]1C=C(Br)Br.CCO. The summed E-state index contributed by atoms with van der Waals surface area (Å²) in [5.74, 6) is 0.683. The number of para-hydroxylation sites is 1. The van der Waals surface area contributed by atoms with Crippen LogP contribution in [0.1, 0.15) is 32.4 Å². The number of aliphatic hydroxyl groups is 1. The van der Waals surface area contributed by atoms with E-state index in [0.717, 1.165) is 3.39 Å². The van der Waals surface area contributed by atoms with Crippen molar-refractivity contribution in [1.82, 2.24) is 0 Å². The number of aliphatic hydroxyl groups excluding tert-OH is 1. The van der Waals surface area contributed by atoms with Crippen LogP contribution < -0.4 is 4.74 Å². The van der Waals surface area contributed by atoms with Gasteiger partial charge in [-0.05, 0) is 74.4 Å². The molecule has 2 aromatic rings. The molecule has 1 saturated carbocycles. The standard InChI is InChI=1S/C22H19Br2NO3.C2H6O/c1-22(2)17(12-19(23)24)20(22)21(26)28-18(13-25)14-7-6-10-16(11-14)27-15-8-4-3-5-9-15;1-2-3/h3-12,17-18,20H,1-2H3;3H,2H2,1H3/t17-,18+,20-;/m0./s1. The van der Waals surface area contributed by atoms with Crippen molar-refractivity contribution in [2.45, 2.75) is 26.9 Å². The van der Waals surface area contributed by atoms with E-state index in [-0.39, 0.29) is 29.8 Å². The lowest BCUT2D eigenvalue weighted by Gasteiger charge is -2.13. The molecule has 7 heteroatoms. The Morgan fingerprint density at radius 2 is 1.81 bits per heavy atom. The van der Waals surface area contributed by atoms with Crippen LogP contribution >= 0.6 is 31.9 Å². The molecule has 0 bridgehead atoms. The number of ether oxygens (including phenoxy) is 2. The number of nitriles is 1. The van der Waals surface area contributed by atoms with Gasteiger partial charge in [0.2, 0.25) is 6.10 Å². The lowest BCUT2D eigenvalue weighted by Crippen LogP contribution is -2.14. The molecule has 0 radical (unpaired) electrons. The van der Waals surface area contributed by atoms with Gasteiger partial charge in [0.1, 0.15) is 17.6 Å². The second-order valence-corrected chi connectivity index (χ2v) is 10.3. The van der Waals surface area contributed by atoms with Gasteiger partial charge in [-0.1, -0.05) is 50.3 Å². The Morgan fingerprint density at radius 1 is 1.19 bits per heavy atom. The molecule has 0 spiro atoms. The summed E-state index contributed by atoms with van der Waals surface area (Å²) in [5.41, 5.74) is 0.374. The first kappa shape index (κ1) is 25.1. The number of benzene rings is 2. The minimum Gasteiger partial charge on any atom is -0.457 e. The predicted molar refractivity (Wildman–Crippen MR) is 127 cm³/mol. The zero-order valence-electron chi connectivity index (χ0n) is 17.6. The van der Waals surface area contributed by atoms with Crippen molar-refractivity contribution in [2.24, 2.45) is 17.3 Å². The van der Waals surface area contributed by atoms with E-state index >= 15 is 0 Å². The van der Waals surface area contributed by atoms with Crippen LogP contribution in [0.25, 0.3) is 0 Å². The lowest BCUT2D eigenvalue weighted by atomic mass is 10.1. The molecule has 0 heterocycles. The average molecular weight is 551 g/mol. The molecule has 1 fully saturated rings. The summed E-state index contributed by atoms with van der Waals surface area (Å²) in [7, 11) is 0. The first-order valence-corrected chi connectivity index (χ1v) is 11.4. The number of carbonyl (C=O) groups is 1. The maximum Gasteiger partial charge on any atom is 0.311 e. The van der Waals surface area contributed by atoms with Crippen molar-refractivity contribution >= 4 is 37.8 Å². The maximum atomic E-state index is 12.7. The van der Waals surface area contributed by atoms with Crippen LogP contribution in [0.15, 0.2) is 64.1 Å². The highest BCUT2D eigenvalue weighted by Gasteiger charge is 2.61. The van der Waals surface area contributed by atoms with Crippen molar-refractivity contribution in [2.75, 3.05) is 6.61 Å². The molecule has 1 N–H and O–H groups in total. The third kappa shape index (κ3) is 6.93. The Morgan fingerprint density at radius 3 is 2.39 bits per heavy atom. The fourth-order valence-corrected chi connectivity index (χ4v) is 3.87. The fourth-order valence-electron chi connectivity index (χ4n) is 3.30. The van der Waals surface area contributed by atoms with E-state index in [1.807, 2.05) is 50.3 Å². The summed E-state index contributed by atoms with van der Waals surface area (Å²) >= 11 is 6.68. The van der Waals surface area contributed by atoms with Crippen molar-refractivity contribution < 1.29 is 19.4 Å². The molecule has 0 unspecified atom stereocenters. The van der Waals surface area contributed by atoms with Crippen LogP contribution in [0, 0.1) is 28.6 Å². The Balaban J connectivity index is 0.00000107. The topological polar surface area (TPSA) is 79.6 Å². The molecule has 1 aliphatic carbocycles. The zero-order chi connectivity index (χ0) is 23.0. The number of esters is 1. The Kier molecular flexibility index (Phi) is 9.30. The van der Waals surface area contributed by atoms with Crippen LogP contribution in [-0.4, -0.2) is 17.7 Å². The molecule has 5 nitrogen and oxygen atoms in total. The van der Waals surface area contributed by atoms with E-state index in [1.165, 1.54) is 0 Å². The van der Waals surface area contributed by atoms with Gasteiger partial charge in [-0.25, -0.2) is 0 Å². The fraction of sp³-hybridized carbons (Fsp3) is 0.333. The second kappa shape index (κ2) is 11.5. The number of hydrogen-bond donors (Lipinski definition) is 1. The van der Waals surface area contributed by atoms with Gasteiger partial charge in [0.25, 0.3) is 0 Å². The molecule has 164 valence electrons. The van der Waals surface area contributed by atoms with Crippen LogP contribution in [0.3, 0.4) is 0 Å². The molecular weight excluding hydrogens is 526 g/mol. The van der Waals surface area contributed by atoms with Crippen molar-refractivity contribution in [1.29, 1.82) is 5.26 Å². The van der Waals surface area contributed by atoms with Gasteiger partial charge in [0.05, 0.1) is 9.31 Å². The lowest BCUT2D eigenvalue weighted by molar-refractivity contribution is -0.149. The van der Waals surface area contributed by atoms with E-state index in [4.69, 9.17) is 14.6 Å². The molecule has 3 atom stereocenters. The third-order valence-electron chi connectivity index (χ3n) is 4.96. The number of halogens is 2. The number of hydrogen-bond acceptors (Lipinski definition) is 5. The van der Waals surface area contributed by atoms with E-state index in [9.17, 15) is 10.1 Å². The summed E-state index contributed by atoms with van der Waals surface area (Å²) in [6.07, 6.45) is 0.960. The van der Waals surface area contributed by atoms with Crippen LogP contribution in [0.2, 0.25) is 0 Å². The van der Waals surface area contributed by atoms with Gasteiger partial charge in [-0.2, -0.15) is 5.26 Å². The smallest absolute Gasteiger partial charge is 0.311 e. The minimum absolute atomic E-state index is 0.0563. The molecule has 3 rings (SSSR count).